The molecule has 0 bridgehead atoms. The number of hydrogen-bond acceptors (Lipinski definition) is 5. The van der Waals surface area contributed by atoms with E-state index in [9.17, 15) is 9.59 Å². The second kappa shape index (κ2) is 9.30. The average molecular weight is 416 g/mol. The van der Waals surface area contributed by atoms with E-state index in [0.717, 1.165) is 24.2 Å². The third-order valence-electron chi connectivity index (χ3n) is 5.39. The largest absolute Gasteiger partial charge is 0.495 e. The Morgan fingerprint density at radius 2 is 1.87 bits per heavy atom. The van der Waals surface area contributed by atoms with E-state index < -0.39 is 11.8 Å². The number of fused-ring (bicyclic) bond motifs is 1. The lowest BCUT2D eigenvalue weighted by Gasteiger charge is -2.30. The normalized spacial score (nSPS) is 13.3. The lowest BCUT2D eigenvalue weighted by atomic mass is 10.1. The molecule has 0 spiro atoms. The van der Waals surface area contributed by atoms with E-state index in [-0.39, 0.29) is 12.6 Å². The molecule has 2 heterocycles. The van der Waals surface area contributed by atoms with E-state index in [1.165, 1.54) is 12.7 Å². The maximum atomic E-state index is 12.5. The molecule has 158 valence electrons. The number of pyridine rings is 1. The molecule has 1 aromatic heterocycles. The molecular formula is C24H24N4O3. The number of amides is 2. The first kappa shape index (κ1) is 20.4. The summed E-state index contributed by atoms with van der Waals surface area (Å²) in [5.74, 6) is -0.950. The van der Waals surface area contributed by atoms with Crippen LogP contribution in [0.4, 0.5) is 11.4 Å². The molecule has 0 aliphatic carbocycles. The summed E-state index contributed by atoms with van der Waals surface area (Å²) in [6.07, 6.45) is 4.46. The standard InChI is InChI=1S/C24H24N4O3/c1-31-22-11-5-3-9-19(22)27-24(30)23(29)26-16-21(18-8-6-13-25-15-18)28-14-12-17-7-2-4-10-20(17)28/h2-11,13,15,21H,12,14,16H2,1H3,(H,26,29)(H,27,30)/t21-/m0/s1. The Kier molecular flexibility index (Phi) is 6.12. The monoisotopic (exact) mass is 416 g/mol. The summed E-state index contributed by atoms with van der Waals surface area (Å²) in [6.45, 7) is 1.11. The van der Waals surface area contributed by atoms with Crippen molar-refractivity contribution < 1.29 is 14.3 Å². The predicted octanol–water partition coefficient (Wildman–Crippen LogP) is 2.95. The van der Waals surface area contributed by atoms with Crippen molar-refractivity contribution in [3.05, 3.63) is 84.2 Å². The number of benzene rings is 2. The molecule has 31 heavy (non-hydrogen) atoms. The fourth-order valence-corrected chi connectivity index (χ4v) is 3.87. The van der Waals surface area contributed by atoms with Crippen LogP contribution in [0.15, 0.2) is 73.1 Å². The van der Waals surface area contributed by atoms with Crippen molar-refractivity contribution in [2.45, 2.75) is 12.5 Å². The molecule has 2 N–H and O–H groups in total. The molecule has 4 rings (SSSR count). The zero-order valence-corrected chi connectivity index (χ0v) is 17.2. The van der Waals surface area contributed by atoms with Crippen LogP contribution in [0.2, 0.25) is 0 Å². The minimum Gasteiger partial charge on any atom is -0.495 e. The van der Waals surface area contributed by atoms with E-state index in [1.54, 1.807) is 36.7 Å². The van der Waals surface area contributed by atoms with Gasteiger partial charge in [0, 0.05) is 31.2 Å². The number of carbonyl (C=O) groups is 2. The number of aromatic nitrogens is 1. The van der Waals surface area contributed by atoms with Crippen LogP contribution in [0.25, 0.3) is 0 Å². The quantitative estimate of drug-likeness (QED) is 0.604. The van der Waals surface area contributed by atoms with E-state index >= 15 is 0 Å². The van der Waals surface area contributed by atoms with Crippen LogP contribution in [0.3, 0.4) is 0 Å². The molecule has 0 radical (unpaired) electrons. The summed E-state index contributed by atoms with van der Waals surface area (Å²) in [5, 5.41) is 5.39. The fourth-order valence-electron chi connectivity index (χ4n) is 3.87. The maximum Gasteiger partial charge on any atom is 0.313 e. The van der Waals surface area contributed by atoms with Gasteiger partial charge >= 0.3 is 11.8 Å². The van der Waals surface area contributed by atoms with Crippen LogP contribution < -0.4 is 20.3 Å². The smallest absolute Gasteiger partial charge is 0.313 e. The molecule has 0 unspecified atom stereocenters. The minimum atomic E-state index is -0.740. The number of anilines is 2. The van der Waals surface area contributed by atoms with Crippen LogP contribution in [0.1, 0.15) is 17.2 Å². The molecule has 1 aliphatic heterocycles. The van der Waals surface area contributed by atoms with Gasteiger partial charge in [0.25, 0.3) is 0 Å². The Bertz CT molecular complexity index is 1070. The number of carbonyl (C=O) groups excluding carboxylic acids is 2. The summed E-state index contributed by atoms with van der Waals surface area (Å²) >= 11 is 0. The maximum absolute atomic E-state index is 12.5. The van der Waals surface area contributed by atoms with Gasteiger partial charge in [0.15, 0.2) is 0 Å². The molecule has 2 aromatic carbocycles. The third-order valence-corrected chi connectivity index (χ3v) is 5.39. The highest BCUT2D eigenvalue weighted by Crippen LogP contribution is 2.34. The molecule has 0 saturated heterocycles. The Morgan fingerprint density at radius 3 is 2.68 bits per heavy atom. The Morgan fingerprint density at radius 1 is 1.06 bits per heavy atom. The van der Waals surface area contributed by atoms with Crippen LogP contribution in [0.5, 0.6) is 5.75 Å². The van der Waals surface area contributed by atoms with Crippen LogP contribution >= 0.6 is 0 Å². The first-order valence-corrected chi connectivity index (χ1v) is 10.1. The Balaban J connectivity index is 1.48. The van der Waals surface area contributed by atoms with Gasteiger partial charge in [-0.2, -0.15) is 0 Å². The van der Waals surface area contributed by atoms with Crippen LogP contribution in [-0.4, -0.2) is 37.0 Å². The molecule has 0 saturated carbocycles. The summed E-state index contributed by atoms with van der Waals surface area (Å²) < 4.78 is 5.22. The van der Waals surface area contributed by atoms with Gasteiger partial charge in [-0.15, -0.1) is 0 Å². The van der Waals surface area contributed by atoms with Crippen molar-refractivity contribution in [3.63, 3.8) is 0 Å². The van der Waals surface area contributed by atoms with Gasteiger partial charge in [-0.1, -0.05) is 36.4 Å². The number of nitrogens with zero attached hydrogens (tertiary/aromatic N) is 2. The first-order chi connectivity index (χ1) is 15.2. The Labute approximate surface area is 181 Å². The van der Waals surface area contributed by atoms with Crippen molar-refractivity contribution in [2.75, 3.05) is 30.4 Å². The Hall–Kier alpha value is -3.87. The molecule has 2 amide bonds. The van der Waals surface area contributed by atoms with Crippen LogP contribution in [0, 0.1) is 0 Å². The molecule has 7 heteroatoms. The van der Waals surface area contributed by atoms with Gasteiger partial charge in [0.1, 0.15) is 5.75 Å². The van der Waals surface area contributed by atoms with Crippen LogP contribution in [-0.2, 0) is 16.0 Å². The zero-order valence-electron chi connectivity index (χ0n) is 17.2. The highest BCUT2D eigenvalue weighted by atomic mass is 16.5. The van der Waals surface area contributed by atoms with E-state index in [4.69, 9.17) is 4.74 Å². The minimum absolute atomic E-state index is 0.139. The summed E-state index contributed by atoms with van der Waals surface area (Å²) in [7, 11) is 1.51. The number of ether oxygens (including phenoxy) is 1. The topological polar surface area (TPSA) is 83.6 Å². The van der Waals surface area contributed by atoms with Crippen molar-refractivity contribution in [1.82, 2.24) is 10.3 Å². The van der Waals surface area contributed by atoms with Gasteiger partial charge in [-0.05, 0) is 41.8 Å². The molecule has 3 aromatic rings. The van der Waals surface area contributed by atoms with Crippen molar-refractivity contribution in [3.8, 4) is 5.75 Å². The van der Waals surface area contributed by atoms with Crippen molar-refractivity contribution in [1.29, 1.82) is 0 Å². The molecular weight excluding hydrogens is 392 g/mol. The molecule has 0 fully saturated rings. The highest BCUT2D eigenvalue weighted by molar-refractivity contribution is 6.39. The number of para-hydroxylation sites is 3. The molecule has 1 atom stereocenters. The van der Waals surface area contributed by atoms with Crippen molar-refractivity contribution >= 4 is 23.2 Å². The van der Waals surface area contributed by atoms with Gasteiger partial charge in [-0.25, -0.2) is 0 Å². The summed E-state index contributed by atoms with van der Waals surface area (Å²) in [4.78, 5) is 31.5. The zero-order chi connectivity index (χ0) is 21.6. The predicted molar refractivity (Wildman–Crippen MR) is 119 cm³/mol. The second-order valence-corrected chi connectivity index (χ2v) is 7.24. The van der Waals surface area contributed by atoms with Gasteiger partial charge in [-0.3, -0.25) is 14.6 Å². The summed E-state index contributed by atoms with van der Waals surface area (Å²) in [5.41, 5.74) is 3.84. The highest BCUT2D eigenvalue weighted by Gasteiger charge is 2.28. The first-order valence-electron chi connectivity index (χ1n) is 10.1. The van der Waals surface area contributed by atoms with Gasteiger partial charge in [0.05, 0.1) is 18.8 Å². The van der Waals surface area contributed by atoms with Crippen molar-refractivity contribution in [2.24, 2.45) is 0 Å². The second-order valence-electron chi connectivity index (χ2n) is 7.24. The number of nitrogens with one attached hydrogen (secondary N) is 2. The van der Waals surface area contributed by atoms with Gasteiger partial charge < -0.3 is 20.3 Å². The molecule has 1 aliphatic rings. The lowest BCUT2D eigenvalue weighted by Crippen LogP contribution is -2.41. The SMILES string of the molecule is COc1ccccc1NC(=O)C(=O)NC[C@@H](c1cccnc1)N1CCc2ccccc21. The van der Waals surface area contributed by atoms with E-state index in [2.05, 4.69) is 32.7 Å². The number of hydrogen-bond donors (Lipinski definition) is 2. The van der Waals surface area contributed by atoms with Gasteiger partial charge in [0.2, 0.25) is 0 Å². The number of rotatable bonds is 6. The summed E-state index contributed by atoms with van der Waals surface area (Å²) in [6, 6.07) is 18.9. The van der Waals surface area contributed by atoms with E-state index in [1.807, 2.05) is 24.3 Å². The third kappa shape index (κ3) is 4.50. The molecule has 7 nitrogen and oxygen atoms in total. The fraction of sp³-hybridized carbons (Fsp3) is 0.208. The average Bonchev–Trinajstić information content (AvgIpc) is 3.24. The van der Waals surface area contributed by atoms with E-state index in [0.29, 0.717) is 11.4 Å². The number of methoxy groups -OCH3 is 1. The lowest BCUT2D eigenvalue weighted by molar-refractivity contribution is -0.136.